The summed E-state index contributed by atoms with van der Waals surface area (Å²) >= 11 is 13.4. The molecular formula is C45H61Cl2N3O6. The van der Waals surface area contributed by atoms with Crippen molar-refractivity contribution < 1.29 is 24.2 Å². The molecule has 5 aliphatic rings. The van der Waals surface area contributed by atoms with Crippen molar-refractivity contribution in [2.45, 2.75) is 152 Å². The number of fused-ring (bicyclic) bond motifs is 7. The first-order valence-electron chi connectivity index (χ1n) is 20.9. The summed E-state index contributed by atoms with van der Waals surface area (Å²) in [6.45, 7) is 22.0. The molecule has 9 nitrogen and oxygen atoms in total. The van der Waals surface area contributed by atoms with E-state index in [0.29, 0.717) is 35.6 Å². The van der Waals surface area contributed by atoms with E-state index in [9.17, 15) is 24.3 Å². The average Bonchev–Trinajstić information content (AvgIpc) is 3.56. The average molecular weight is 811 g/mol. The van der Waals surface area contributed by atoms with Gasteiger partial charge in [-0.15, -0.1) is 0 Å². The summed E-state index contributed by atoms with van der Waals surface area (Å²) in [6, 6.07) is 3.46. The number of aromatic nitrogens is 3. The fourth-order valence-corrected chi connectivity index (χ4v) is 14.2. The third-order valence-electron chi connectivity index (χ3n) is 16.6. The van der Waals surface area contributed by atoms with Crippen LogP contribution in [0.5, 0.6) is 0 Å². The number of rotatable bonds is 8. The summed E-state index contributed by atoms with van der Waals surface area (Å²) in [6.07, 6.45) is 8.77. The highest BCUT2D eigenvalue weighted by Crippen LogP contribution is 2.77. The van der Waals surface area contributed by atoms with Crippen LogP contribution in [0.4, 0.5) is 0 Å². The quantitative estimate of drug-likeness (QED) is 0.264. The molecule has 306 valence electrons. The summed E-state index contributed by atoms with van der Waals surface area (Å²) in [7, 11) is 0. The highest BCUT2D eigenvalue weighted by molar-refractivity contribution is 6.31. The number of carbonyl (C=O) groups is 3. The van der Waals surface area contributed by atoms with Crippen LogP contribution in [0.15, 0.2) is 34.3 Å². The normalized spacial score (nSPS) is 35.1. The second kappa shape index (κ2) is 13.6. The van der Waals surface area contributed by atoms with Gasteiger partial charge in [0.1, 0.15) is 11.1 Å². The second-order valence-corrected chi connectivity index (χ2v) is 21.1. The molecule has 8 atom stereocenters. The first kappa shape index (κ1) is 41.3. The minimum atomic E-state index is -1.19. The number of hydrogen-bond acceptors (Lipinski definition) is 6. The second-order valence-electron chi connectivity index (χ2n) is 20.3. The van der Waals surface area contributed by atoms with E-state index in [1.165, 1.54) is 11.8 Å². The van der Waals surface area contributed by atoms with Crippen LogP contribution in [0, 0.1) is 50.7 Å². The van der Waals surface area contributed by atoms with E-state index in [1.807, 2.05) is 11.6 Å². The molecule has 0 bridgehead atoms. The Morgan fingerprint density at radius 1 is 0.964 bits per heavy atom. The van der Waals surface area contributed by atoms with Crippen LogP contribution in [0.3, 0.4) is 0 Å². The van der Waals surface area contributed by atoms with Crippen LogP contribution in [-0.2, 0) is 31.1 Å². The van der Waals surface area contributed by atoms with Crippen LogP contribution >= 0.6 is 23.2 Å². The number of hydrogen-bond donors (Lipinski definition) is 1. The zero-order valence-electron chi connectivity index (χ0n) is 35.0. The molecule has 4 saturated carbocycles. The fraction of sp³-hybridized carbons (Fsp3) is 0.711. The Balaban J connectivity index is 1.27. The molecule has 11 heteroatoms. The van der Waals surface area contributed by atoms with E-state index in [2.05, 4.69) is 53.5 Å². The molecule has 1 N–H and O–H groups in total. The maximum atomic E-state index is 14.5. The highest BCUT2D eigenvalue weighted by Gasteiger charge is 2.71. The topological polar surface area (TPSA) is 120 Å². The largest absolute Gasteiger partial charge is 0.481 e. The Bertz CT molecular complexity index is 2060. The van der Waals surface area contributed by atoms with E-state index in [0.717, 1.165) is 62.6 Å². The Kier molecular flexibility index (Phi) is 10.00. The molecule has 0 spiro atoms. The van der Waals surface area contributed by atoms with Crippen molar-refractivity contribution in [2.75, 3.05) is 0 Å². The van der Waals surface area contributed by atoms with Crippen LogP contribution < -0.4 is 5.56 Å². The minimum Gasteiger partial charge on any atom is -0.481 e. The van der Waals surface area contributed by atoms with E-state index < -0.39 is 22.8 Å². The van der Waals surface area contributed by atoms with Crippen LogP contribution in [0.25, 0.3) is 5.82 Å². The monoisotopic (exact) mass is 809 g/mol. The van der Waals surface area contributed by atoms with Gasteiger partial charge in [-0.2, -0.15) is 4.68 Å². The number of halogens is 2. The number of nitrogens with zero attached hydrogens (tertiary/aromatic N) is 3. The van der Waals surface area contributed by atoms with Crippen molar-refractivity contribution in [3.05, 3.63) is 55.6 Å². The lowest BCUT2D eigenvalue weighted by Gasteiger charge is -2.72. The number of aliphatic carboxylic acids is 1. The molecule has 0 saturated heterocycles. The van der Waals surface area contributed by atoms with Crippen molar-refractivity contribution in [3.8, 4) is 5.82 Å². The number of carboxylic acids is 1. The third-order valence-corrected chi connectivity index (χ3v) is 17.1. The molecule has 2 aromatic heterocycles. The van der Waals surface area contributed by atoms with Crippen molar-refractivity contribution in [1.82, 2.24) is 14.3 Å². The number of allylic oxidation sites excluding steroid dienone is 2. The molecule has 4 fully saturated rings. The van der Waals surface area contributed by atoms with Crippen molar-refractivity contribution in [2.24, 2.45) is 50.7 Å². The molecule has 0 unspecified atom stereocenters. The van der Waals surface area contributed by atoms with Gasteiger partial charge in [0.05, 0.1) is 22.6 Å². The molecule has 7 rings (SSSR count). The number of ether oxygens (including phenoxy) is 1. The molecule has 0 radical (unpaired) electrons. The van der Waals surface area contributed by atoms with Gasteiger partial charge in [-0.3, -0.25) is 23.9 Å². The van der Waals surface area contributed by atoms with E-state index in [1.54, 1.807) is 30.7 Å². The maximum absolute atomic E-state index is 14.5. The molecular weight excluding hydrogens is 749 g/mol. The zero-order chi connectivity index (χ0) is 41.1. The molecule has 2 aromatic rings. The maximum Gasteiger partial charge on any atom is 0.309 e. The summed E-state index contributed by atoms with van der Waals surface area (Å²) < 4.78 is 9.72. The third kappa shape index (κ3) is 5.69. The van der Waals surface area contributed by atoms with Gasteiger partial charge in [-0.1, -0.05) is 71.7 Å². The van der Waals surface area contributed by atoms with Gasteiger partial charge >= 0.3 is 11.9 Å². The van der Waals surface area contributed by atoms with Gasteiger partial charge in [-0.05, 0) is 135 Å². The van der Waals surface area contributed by atoms with Crippen LogP contribution in [0.1, 0.15) is 139 Å². The minimum absolute atomic E-state index is 0.0117. The first-order valence-corrected chi connectivity index (χ1v) is 21.6. The standard InChI is InChI=1S/C45H61Cl2N3O6/c1-11-49-37(36(47)38(53)50(49)32-15-12-26(46)24-48-32)45-21-20-43(9)27(35(45)34(25(2)3)28(51)22-45)13-14-30-42(8)18-17-31(56-33(52)23-40(4,5)39(54)55)41(6,7)29(42)16-19-44(30,43)10/h12,15,24-25,27,29-31H,11,13-14,16-23H2,1-10H3,(H,54,55)/t27-,29+,30-,31+,42+,43-,44-,45-/m1/s1. The smallest absolute Gasteiger partial charge is 0.309 e. The Morgan fingerprint density at radius 3 is 2.27 bits per heavy atom. The van der Waals surface area contributed by atoms with Crippen molar-refractivity contribution >= 4 is 40.9 Å². The molecule has 0 aliphatic heterocycles. The zero-order valence-corrected chi connectivity index (χ0v) is 36.5. The van der Waals surface area contributed by atoms with E-state index in [4.69, 9.17) is 27.9 Å². The van der Waals surface area contributed by atoms with Gasteiger partial charge in [-0.25, -0.2) is 4.98 Å². The number of carboxylic acid groups (broad SMARTS) is 1. The van der Waals surface area contributed by atoms with Gasteiger partial charge in [0, 0.05) is 30.0 Å². The SMILES string of the molecule is CCn1c([C@@]23CC[C@]4(C)[C@H](CC[C@@H]5[C@@]6(C)CC[C@H](OC(=O)CC(C)(C)C(=O)O)C(C)(C)[C@@H]6CC[C@]54C)C2=C(C(C)C)C(=O)C3)c(Cl)c(=O)n1-c1ccc(Cl)cn1. The van der Waals surface area contributed by atoms with E-state index in [-0.39, 0.29) is 62.4 Å². The molecule has 0 aromatic carbocycles. The Hall–Kier alpha value is -2.91. The molecule has 5 aliphatic carbocycles. The summed E-state index contributed by atoms with van der Waals surface area (Å²) in [5.41, 5.74) is 0.302. The van der Waals surface area contributed by atoms with Crippen LogP contribution in [-0.4, -0.2) is 43.3 Å². The van der Waals surface area contributed by atoms with Gasteiger partial charge in [0.2, 0.25) is 0 Å². The Labute approximate surface area is 341 Å². The van der Waals surface area contributed by atoms with Gasteiger partial charge in [0.15, 0.2) is 11.6 Å². The fourth-order valence-electron chi connectivity index (χ4n) is 13.7. The lowest BCUT2D eigenvalue weighted by Crippen LogP contribution is -2.66. The van der Waals surface area contributed by atoms with Crippen molar-refractivity contribution in [3.63, 3.8) is 0 Å². The lowest BCUT2D eigenvalue weighted by molar-refractivity contribution is -0.232. The Morgan fingerprint density at radius 2 is 1.66 bits per heavy atom. The number of Topliss-reactive ketones (excluding diaryl/α,β-unsaturated/α-hetero) is 1. The predicted octanol–water partition coefficient (Wildman–Crippen LogP) is 10.0. The van der Waals surface area contributed by atoms with E-state index >= 15 is 0 Å². The first-order chi connectivity index (χ1) is 26.0. The van der Waals surface area contributed by atoms with Crippen molar-refractivity contribution in [1.29, 1.82) is 0 Å². The number of esters is 1. The lowest BCUT2D eigenvalue weighted by atomic mass is 9.33. The number of ketones is 1. The van der Waals surface area contributed by atoms with Gasteiger partial charge in [0.25, 0.3) is 5.56 Å². The number of pyridine rings is 1. The van der Waals surface area contributed by atoms with Gasteiger partial charge < -0.3 is 9.84 Å². The molecule has 2 heterocycles. The summed E-state index contributed by atoms with van der Waals surface area (Å²) in [4.78, 5) is 58.1. The molecule has 0 amide bonds. The van der Waals surface area contributed by atoms with Crippen LogP contribution in [0.2, 0.25) is 10.0 Å². The summed E-state index contributed by atoms with van der Waals surface area (Å²) in [5, 5.41) is 10.3. The molecule has 56 heavy (non-hydrogen) atoms. The summed E-state index contributed by atoms with van der Waals surface area (Å²) in [5.74, 6) is 0.111. The number of carbonyl (C=O) groups excluding carboxylic acids is 2. The highest BCUT2D eigenvalue weighted by atomic mass is 35.5. The predicted molar refractivity (Wildman–Crippen MR) is 218 cm³/mol.